The molecule has 5 heteroatoms. The average Bonchev–Trinajstić information content (AvgIpc) is 2.69. The van der Waals surface area contributed by atoms with Crippen molar-refractivity contribution in [3.8, 4) is 11.6 Å². The summed E-state index contributed by atoms with van der Waals surface area (Å²) in [7, 11) is 0. The molecule has 2 heterocycles. The third kappa shape index (κ3) is 1.99. The zero-order chi connectivity index (χ0) is 13.4. The van der Waals surface area contributed by atoms with Crippen LogP contribution in [0, 0.1) is 13.8 Å². The fraction of sp³-hybridized carbons (Fsp3) is 0.143. The summed E-state index contributed by atoms with van der Waals surface area (Å²) in [6.45, 7) is 4.07. The van der Waals surface area contributed by atoms with Crippen molar-refractivity contribution in [3.63, 3.8) is 0 Å². The van der Waals surface area contributed by atoms with Gasteiger partial charge in [0.2, 0.25) is 5.88 Å². The molecular formula is C14H14N4O. The van der Waals surface area contributed by atoms with Crippen molar-refractivity contribution < 1.29 is 4.74 Å². The second-order valence-corrected chi connectivity index (χ2v) is 4.47. The lowest BCUT2D eigenvalue weighted by Gasteiger charge is -2.06. The van der Waals surface area contributed by atoms with Gasteiger partial charge in [0.05, 0.1) is 0 Å². The SMILES string of the molecule is Cc1cn2ncnc(Oc3ccc(N)cc3)c2c1C. The minimum absolute atomic E-state index is 0.547. The Kier molecular flexibility index (Phi) is 2.59. The third-order valence-electron chi connectivity index (χ3n) is 3.14. The fourth-order valence-corrected chi connectivity index (χ4v) is 1.97. The number of aryl methyl sites for hydroxylation is 2. The molecule has 3 rings (SSSR count). The summed E-state index contributed by atoms with van der Waals surface area (Å²) in [5.41, 5.74) is 9.51. The number of rotatable bonds is 2. The van der Waals surface area contributed by atoms with Gasteiger partial charge in [0.25, 0.3) is 0 Å². The van der Waals surface area contributed by atoms with Crippen LogP contribution in [0.3, 0.4) is 0 Å². The minimum Gasteiger partial charge on any atom is -0.437 e. The molecule has 2 aromatic heterocycles. The molecule has 0 aliphatic rings. The Morgan fingerprint density at radius 2 is 1.89 bits per heavy atom. The molecule has 0 amide bonds. The summed E-state index contributed by atoms with van der Waals surface area (Å²) in [6.07, 6.45) is 3.45. The van der Waals surface area contributed by atoms with Gasteiger partial charge in [-0.25, -0.2) is 4.52 Å². The molecule has 0 bridgehead atoms. The summed E-state index contributed by atoms with van der Waals surface area (Å²) in [6, 6.07) is 7.23. The number of nitrogens with zero attached hydrogens (tertiary/aromatic N) is 3. The van der Waals surface area contributed by atoms with E-state index in [9.17, 15) is 0 Å². The first kappa shape index (κ1) is 11.5. The summed E-state index contributed by atoms with van der Waals surface area (Å²) in [5, 5.41) is 4.18. The van der Waals surface area contributed by atoms with E-state index in [-0.39, 0.29) is 0 Å². The Hall–Kier alpha value is -2.56. The highest BCUT2D eigenvalue weighted by atomic mass is 16.5. The van der Waals surface area contributed by atoms with Crippen LogP contribution < -0.4 is 10.5 Å². The maximum absolute atomic E-state index is 5.81. The van der Waals surface area contributed by atoms with E-state index in [0.29, 0.717) is 17.3 Å². The fourth-order valence-electron chi connectivity index (χ4n) is 1.97. The highest BCUT2D eigenvalue weighted by Crippen LogP contribution is 2.28. The number of fused-ring (bicyclic) bond motifs is 1. The predicted molar refractivity (Wildman–Crippen MR) is 73.4 cm³/mol. The lowest BCUT2D eigenvalue weighted by Crippen LogP contribution is -1.96. The molecule has 0 saturated heterocycles. The first-order valence-electron chi connectivity index (χ1n) is 5.98. The second-order valence-electron chi connectivity index (χ2n) is 4.47. The van der Waals surface area contributed by atoms with E-state index in [1.54, 1.807) is 16.6 Å². The van der Waals surface area contributed by atoms with Crippen molar-refractivity contribution in [2.75, 3.05) is 5.73 Å². The average molecular weight is 254 g/mol. The topological polar surface area (TPSA) is 65.4 Å². The lowest BCUT2D eigenvalue weighted by atomic mass is 10.2. The number of ether oxygens (including phenoxy) is 1. The van der Waals surface area contributed by atoms with E-state index in [2.05, 4.69) is 10.1 Å². The van der Waals surface area contributed by atoms with Crippen molar-refractivity contribution in [1.82, 2.24) is 14.6 Å². The quantitative estimate of drug-likeness (QED) is 0.714. The molecule has 96 valence electrons. The Bertz CT molecular complexity index is 731. The number of nitrogens with two attached hydrogens (primary N) is 1. The van der Waals surface area contributed by atoms with E-state index in [1.165, 1.54) is 6.33 Å². The maximum Gasteiger partial charge on any atom is 0.247 e. The molecule has 19 heavy (non-hydrogen) atoms. The third-order valence-corrected chi connectivity index (χ3v) is 3.14. The lowest BCUT2D eigenvalue weighted by molar-refractivity contribution is 0.463. The number of hydrogen-bond acceptors (Lipinski definition) is 4. The van der Waals surface area contributed by atoms with Crippen molar-refractivity contribution in [2.24, 2.45) is 0 Å². The van der Waals surface area contributed by atoms with Crippen LogP contribution in [0.4, 0.5) is 5.69 Å². The molecule has 1 aromatic carbocycles. The zero-order valence-electron chi connectivity index (χ0n) is 10.8. The summed E-state index contributed by atoms with van der Waals surface area (Å²) >= 11 is 0. The van der Waals surface area contributed by atoms with E-state index in [0.717, 1.165) is 16.6 Å². The van der Waals surface area contributed by atoms with Gasteiger partial charge < -0.3 is 10.5 Å². The molecule has 0 atom stereocenters. The highest BCUT2D eigenvalue weighted by Gasteiger charge is 2.11. The monoisotopic (exact) mass is 254 g/mol. The molecule has 3 aromatic rings. The van der Waals surface area contributed by atoms with Gasteiger partial charge in [-0.15, -0.1) is 0 Å². The Morgan fingerprint density at radius 3 is 2.63 bits per heavy atom. The van der Waals surface area contributed by atoms with Gasteiger partial charge in [-0.2, -0.15) is 10.1 Å². The van der Waals surface area contributed by atoms with E-state index < -0.39 is 0 Å². The van der Waals surface area contributed by atoms with Crippen molar-refractivity contribution in [3.05, 3.63) is 47.9 Å². The van der Waals surface area contributed by atoms with Gasteiger partial charge in [-0.05, 0) is 49.2 Å². The first-order valence-corrected chi connectivity index (χ1v) is 5.98. The van der Waals surface area contributed by atoms with E-state index in [1.807, 2.05) is 32.2 Å². The number of hydrogen-bond donors (Lipinski definition) is 1. The second kappa shape index (κ2) is 4.28. The molecule has 0 aliphatic heterocycles. The summed E-state index contributed by atoms with van der Waals surface area (Å²) in [4.78, 5) is 4.21. The van der Waals surface area contributed by atoms with Crippen LogP contribution in [-0.2, 0) is 0 Å². The van der Waals surface area contributed by atoms with Crippen LogP contribution in [0.1, 0.15) is 11.1 Å². The molecule has 0 aliphatic carbocycles. The standard InChI is InChI=1S/C14H14N4O/c1-9-7-18-13(10(9)2)14(16-8-17-18)19-12-5-3-11(15)4-6-12/h3-8H,15H2,1-2H3. The molecule has 5 nitrogen and oxygen atoms in total. The van der Waals surface area contributed by atoms with Crippen LogP contribution >= 0.6 is 0 Å². The Morgan fingerprint density at radius 1 is 1.16 bits per heavy atom. The molecule has 0 fully saturated rings. The van der Waals surface area contributed by atoms with E-state index >= 15 is 0 Å². The van der Waals surface area contributed by atoms with Gasteiger partial charge in [-0.1, -0.05) is 0 Å². The number of nitrogen functional groups attached to an aromatic ring is 1. The highest BCUT2D eigenvalue weighted by molar-refractivity contribution is 5.65. The van der Waals surface area contributed by atoms with Crippen molar-refractivity contribution in [2.45, 2.75) is 13.8 Å². The summed E-state index contributed by atoms with van der Waals surface area (Å²) < 4.78 is 7.60. The van der Waals surface area contributed by atoms with Crippen LogP contribution in [0.15, 0.2) is 36.8 Å². The van der Waals surface area contributed by atoms with Gasteiger partial charge in [-0.3, -0.25) is 0 Å². The van der Waals surface area contributed by atoms with Crippen molar-refractivity contribution >= 4 is 11.2 Å². The molecule has 2 N–H and O–H groups in total. The molecule has 0 radical (unpaired) electrons. The largest absolute Gasteiger partial charge is 0.437 e. The van der Waals surface area contributed by atoms with Gasteiger partial charge in [0.1, 0.15) is 17.6 Å². The van der Waals surface area contributed by atoms with Crippen LogP contribution in [0.25, 0.3) is 5.52 Å². The van der Waals surface area contributed by atoms with E-state index in [4.69, 9.17) is 10.5 Å². The Labute approximate surface area is 110 Å². The maximum atomic E-state index is 5.81. The minimum atomic E-state index is 0.547. The van der Waals surface area contributed by atoms with Crippen molar-refractivity contribution in [1.29, 1.82) is 0 Å². The smallest absolute Gasteiger partial charge is 0.247 e. The van der Waals surface area contributed by atoms with Gasteiger partial charge in [0, 0.05) is 11.9 Å². The van der Waals surface area contributed by atoms with Crippen LogP contribution in [0.2, 0.25) is 0 Å². The number of anilines is 1. The zero-order valence-corrected chi connectivity index (χ0v) is 10.8. The predicted octanol–water partition coefficient (Wildman–Crippen LogP) is 2.72. The van der Waals surface area contributed by atoms with Crippen LogP contribution in [-0.4, -0.2) is 14.6 Å². The first-order chi connectivity index (χ1) is 9.15. The Balaban J connectivity index is 2.07. The number of aromatic nitrogens is 3. The molecule has 0 spiro atoms. The summed E-state index contributed by atoms with van der Waals surface area (Å²) in [5.74, 6) is 1.25. The normalized spacial score (nSPS) is 10.8. The van der Waals surface area contributed by atoms with Gasteiger partial charge >= 0.3 is 0 Å². The molecule has 0 saturated carbocycles. The molecule has 0 unspecified atom stereocenters. The van der Waals surface area contributed by atoms with Crippen LogP contribution in [0.5, 0.6) is 11.6 Å². The molecular weight excluding hydrogens is 240 g/mol. The number of benzene rings is 1. The van der Waals surface area contributed by atoms with Gasteiger partial charge in [0.15, 0.2) is 0 Å².